The molecule has 0 heterocycles. The van der Waals surface area contributed by atoms with E-state index >= 15 is 0 Å². The number of phosphoric acid groups is 3. The van der Waals surface area contributed by atoms with Crippen LogP contribution in [0.2, 0.25) is 0 Å². The standard InChI is InChI=1S/3Ca.3Na.H4O7P2.H3O4P.9H/c;;;;;;1-8(2,3)7-9(4,5)6;1-5(2,3)4;;;;;;;;;/h;;;;;;(H2,1,2,3)(H2,4,5,6);(H3,1,2,3,4);;;;;;;;;/q3*+2;3*+1;;;9*-1. The molecule has 0 aromatic heterocycles. The first-order valence-electron chi connectivity index (χ1n) is 2.31. The molecule has 0 aromatic carbocycles. The van der Waals surface area contributed by atoms with Crippen molar-refractivity contribution in [2.75, 3.05) is 0 Å². The molecule has 7 N–H and O–H groups in total. The third-order valence-corrected chi connectivity index (χ3v) is 1.91. The fraction of sp³-hybridized carbons (Fsp3) is 0. The molecule has 0 saturated heterocycles. The Morgan fingerprint density at radius 2 is 0.700 bits per heavy atom. The molecule has 0 aliphatic heterocycles. The minimum atomic E-state index is -5.05. The fourth-order valence-corrected chi connectivity index (χ4v) is 1.25. The Morgan fingerprint density at radius 3 is 0.700 bits per heavy atom. The average molecular weight is 474 g/mol. The molecule has 0 aliphatic rings. The molecule has 0 aromatic rings. The third-order valence-electron chi connectivity index (χ3n) is 0.213. The minimum Gasteiger partial charge on any atom is -1.00 e. The van der Waals surface area contributed by atoms with Gasteiger partial charge < -0.3 is 47.1 Å². The van der Waals surface area contributed by atoms with Gasteiger partial charge >= 0.3 is 225 Å². The van der Waals surface area contributed by atoms with Crippen molar-refractivity contribution in [2.45, 2.75) is 0 Å². The smallest absolute Gasteiger partial charge is 1.00 e. The Hall–Kier alpha value is 7.15. The van der Waals surface area contributed by atoms with Crippen LogP contribution in [0.1, 0.15) is 12.8 Å². The summed E-state index contributed by atoms with van der Waals surface area (Å²) >= 11 is 0. The zero-order valence-electron chi connectivity index (χ0n) is 20.2. The maximum absolute atomic E-state index is 9.63. The quantitative estimate of drug-likeness (QED) is 0.148. The molecule has 0 aliphatic carbocycles. The number of rotatable bonds is 2. The molecule has 20 heavy (non-hydrogen) atoms. The fourth-order valence-electron chi connectivity index (χ4n) is 0.139. The molecule has 0 bridgehead atoms. The first-order chi connectivity index (χ1) is 5.71. The average Bonchev–Trinajstić information content (AvgIpc) is 1.42. The van der Waals surface area contributed by atoms with Gasteiger partial charge in [0.2, 0.25) is 0 Å². The predicted molar refractivity (Wildman–Crippen MR) is 66.7 cm³/mol. The van der Waals surface area contributed by atoms with Crippen LogP contribution >= 0.6 is 23.5 Å². The maximum atomic E-state index is 9.63. The summed E-state index contributed by atoms with van der Waals surface area (Å²) in [5, 5.41) is 0. The van der Waals surface area contributed by atoms with Gasteiger partial charge in [0, 0.05) is 0 Å². The van der Waals surface area contributed by atoms with Crippen molar-refractivity contribution in [3.63, 3.8) is 0 Å². The van der Waals surface area contributed by atoms with E-state index in [0.29, 0.717) is 0 Å². The van der Waals surface area contributed by atoms with Crippen LogP contribution in [0.4, 0.5) is 0 Å². The molecule has 0 spiro atoms. The minimum absolute atomic E-state index is 0. The molecule has 0 radical (unpaired) electrons. The number of hydrogen-bond donors (Lipinski definition) is 7. The first kappa shape index (κ1) is 50.6. The summed E-state index contributed by atoms with van der Waals surface area (Å²) in [5.41, 5.74) is 0. The zero-order chi connectivity index (χ0) is 12.2. The first-order valence-corrected chi connectivity index (χ1v) is 6.94. The van der Waals surface area contributed by atoms with Crippen molar-refractivity contribution < 1.29 is 154 Å². The van der Waals surface area contributed by atoms with E-state index < -0.39 is 23.5 Å². The van der Waals surface area contributed by atoms with Gasteiger partial charge in [0.1, 0.15) is 0 Å². The SMILES string of the molecule is O=P(O)(O)O.O=P(O)(O)OP(=O)(O)O.[Ca+2].[Ca+2].[Ca+2].[H-].[H-].[H-].[H-].[H-].[H-].[H-].[H-].[H-].[Na+].[Na+].[Na+]. The van der Waals surface area contributed by atoms with Crippen LogP contribution in [0.5, 0.6) is 0 Å². The van der Waals surface area contributed by atoms with Crippen LogP contribution in [-0.4, -0.2) is 147 Å². The van der Waals surface area contributed by atoms with E-state index in [2.05, 4.69) is 4.31 Å². The zero-order valence-corrected chi connectivity index (χ0v) is 26.5. The van der Waals surface area contributed by atoms with E-state index in [-0.39, 0.29) is 215 Å². The predicted octanol–water partition coefficient (Wildman–Crippen LogP) is -10.9. The van der Waals surface area contributed by atoms with E-state index in [4.69, 9.17) is 38.8 Å². The van der Waals surface area contributed by atoms with Gasteiger partial charge in [0.25, 0.3) is 0 Å². The van der Waals surface area contributed by atoms with Gasteiger partial charge in [-0.15, -0.1) is 0 Å². The van der Waals surface area contributed by atoms with Gasteiger partial charge in [-0.1, -0.05) is 0 Å². The van der Waals surface area contributed by atoms with Crippen LogP contribution in [0, 0.1) is 0 Å². The Bertz CT molecular complexity index is 303. The second kappa shape index (κ2) is 24.2. The Labute approximate surface area is 284 Å². The van der Waals surface area contributed by atoms with E-state index in [0.717, 1.165) is 0 Å². The Balaban J connectivity index is -0.00000000453. The van der Waals surface area contributed by atoms with Crippen LogP contribution in [-0.2, 0) is 18.0 Å². The van der Waals surface area contributed by atoms with Crippen LogP contribution in [0.15, 0.2) is 0 Å². The maximum Gasteiger partial charge on any atom is 2.00 e. The largest absolute Gasteiger partial charge is 2.00 e. The van der Waals surface area contributed by atoms with Crippen molar-refractivity contribution >= 4 is 137 Å². The monoisotopic (exact) mass is 474 g/mol. The summed E-state index contributed by atoms with van der Waals surface area (Å²) in [5.74, 6) is 0. The van der Waals surface area contributed by atoms with E-state index in [1.165, 1.54) is 0 Å². The summed E-state index contributed by atoms with van der Waals surface area (Å²) in [4.78, 5) is 52.6. The number of hydrogen-bond acceptors (Lipinski definition) is 4. The molecule has 0 amide bonds. The van der Waals surface area contributed by atoms with E-state index in [9.17, 15) is 9.13 Å². The van der Waals surface area contributed by atoms with Crippen molar-refractivity contribution in [1.29, 1.82) is 0 Å². The van der Waals surface area contributed by atoms with Gasteiger partial charge in [0.15, 0.2) is 0 Å². The summed E-state index contributed by atoms with van der Waals surface area (Å²) in [6.45, 7) is 0. The summed E-state index contributed by atoms with van der Waals surface area (Å²) < 4.78 is 31.1. The third kappa shape index (κ3) is 84.8. The van der Waals surface area contributed by atoms with E-state index in [1.54, 1.807) is 0 Å². The summed E-state index contributed by atoms with van der Waals surface area (Å²) in [6.07, 6.45) is 0. The Kier molecular flexibility index (Phi) is 61.2. The molecule has 106 valence electrons. The van der Waals surface area contributed by atoms with Crippen molar-refractivity contribution in [1.82, 2.24) is 0 Å². The topological polar surface area (TPSA) is 202 Å². The van der Waals surface area contributed by atoms with Gasteiger partial charge in [-0.05, 0) is 0 Å². The Morgan fingerprint density at radius 1 is 0.600 bits per heavy atom. The van der Waals surface area contributed by atoms with E-state index in [1.807, 2.05) is 0 Å². The van der Waals surface area contributed by atoms with Crippen LogP contribution in [0.3, 0.4) is 0 Å². The molecule has 0 saturated carbocycles. The van der Waals surface area contributed by atoms with Crippen LogP contribution in [0.25, 0.3) is 0 Å². The summed E-state index contributed by atoms with van der Waals surface area (Å²) in [7, 11) is -14.7. The molecule has 20 heteroatoms. The molecular weight excluding hydrogens is 458 g/mol. The van der Waals surface area contributed by atoms with Crippen molar-refractivity contribution in [2.24, 2.45) is 0 Å². The molecule has 11 nitrogen and oxygen atoms in total. The molecule has 0 unspecified atom stereocenters. The van der Waals surface area contributed by atoms with Crippen LogP contribution < -0.4 is 88.7 Å². The van der Waals surface area contributed by atoms with Crippen molar-refractivity contribution in [3.05, 3.63) is 0 Å². The second-order valence-corrected chi connectivity index (χ2v) is 5.22. The van der Waals surface area contributed by atoms with Gasteiger partial charge in [-0.2, -0.15) is 4.31 Å². The van der Waals surface area contributed by atoms with Crippen molar-refractivity contribution in [3.8, 4) is 0 Å². The summed E-state index contributed by atoms with van der Waals surface area (Å²) in [6, 6.07) is 0. The molecule has 0 fully saturated rings. The van der Waals surface area contributed by atoms with Gasteiger partial charge in [-0.25, -0.2) is 13.7 Å². The molecule has 0 rings (SSSR count). The van der Waals surface area contributed by atoms with Gasteiger partial charge in [-0.3, -0.25) is 0 Å². The van der Waals surface area contributed by atoms with Gasteiger partial charge in [0.05, 0.1) is 0 Å². The second-order valence-electron chi connectivity index (χ2n) is 1.58. The molecule has 0 atom stereocenters. The molecular formula is H16Ca3Na3O11P3. The normalized spacial score (nSPS) is 9.15.